The third-order valence-corrected chi connectivity index (χ3v) is 2.98. The monoisotopic (exact) mass is 331 g/mol. The summed E-state index contributed by atoms with van der Waals surface area (Å²) in [6.07, 6.45) is 0. The van der Waals surface area contributed by atoms with Crippen molar-refractivity contribution in [2.75, 3.05) is 23.8 Å². The molecule has 0 spiro atoms. The van der Waals surface area contributed by atoms with E-state index in [1.54, 1.807) is 30.3 Å². The number of benzene rings is 2. The van der Waals surface area contributed by atoms with Crippen LogP contribution in [0.15, 0.2) is 48.5 Å². The molecule has 3 amide bonds. The molecule has 0 saturated carbocycles. The number of amides is 3. The molecule has 0 fully saturated rings. The van der Waals surface area contributed by atoms with E-state index in [1.807, 2.05) is 6.92 Å². The summed E-state index contributed by atoms with van der Waals surface area (Å²) < 4.78 is 18.8. The van der Waals surface area contributed by atoms with Crippen LogP contribution < -0.4 is 20.7 Å². The van der Waals surface area contributed by atoms with Crippen molar-refractivity contribution >= 4 is 23.3 Å². The summed E-state index contributed by atoms with van der Waals surface area (Å²) in [6.45, 7) is 2.29. The fraction of sp³-hybridized carbons (Fsp3) is 0.176. The van der Waals surface area contributed by atoms with E-state index in [2.05, 4.69) is 16.0 Å². The van der Waals surface area contributed by atoms with Crippen LogP contribution in [-0.4, -0.2) is 25.1 Å². The quantitative estimate of drug-likeness (QED) is 0.761. The number of carbonyl (C=O) groups excluding carboxylic acids is 2. The Labute approximate surface area is 139 Å². The molecule has 7 heteroatoms. The molecule has 2 aromatic rings. The maximum absolute atomic E-state index is 13.5. The molecular formula is C17H18FN3O3. The smallest absolute Gasteiger partial charge is 0.323 e. The van der Waals surface area contributed by atoms with Crippen LogP contribution in [0.4, 0.5) is 20.6 Å². The van der Waals surface area contributed by atoms with Crippen LogP contribution in [0, 0.1) is 5.82 Å². The minimum absolute atomic E-state index is 0.0750. The lowest BCUT2D eigenvalue weighted by molar-refractivity contribution is -0.122. The van der Waals surface area contributed by atoms with Crippen LogP contribution in [0.3, 0.4) is 0 Å². The zero-order valence-electron chi connectivity index (χ0n) is 13.1. The Kier molecular flexibility index (Phi) is 6.13. The SMILES string of the molecule is CCNC(=O)COc1ccc(NC(=O)Nc2ccccc2F)cc1. The lowest BCUT2D eigenvalue weighted by Gasteiger charge is -2.09. The van der Waals surface area contributed by atoms with E-state index in [0.717, 1.165) is 0 Å². The van der Waals surface area contributed by atoms with Gasteiger partial charge in [-0.15, -0.1) is 0 Å². The van der Waals surface area contributed by atoms with Gasteiger partial charge in [0.15, 0.2) is 6.61 Å². The zero-order chi connectivity index (χ0) is 17.4. The van der Waals surface area contributed by atoms with Gasteiger partial charge in [0.25, 0.3) is 5.91 Å². The predicted molar refractivity (Wildman–Crippen MR) is 89.7 cm³/mol. The third-order valence-electron chi connectivity index (χ3n) is 2.98. The second kappa shape index (κ2) is 8.52. The Morgan fingerprint density at radius 3 is 2.42 bits per heavy atom. The van der Waals surface area contributed by atoms with E-state index in [0.29, 0.717) is 18.0 Å². The first kappa shape index (κ1) is 17.3. The van der Waals surface area contributed by atoms with E-state index < -0.39 is 11.8 Å². The summed E-state index contributed by atoms with van der Waals surface area (Å²) >= 11 is 0. The van der Waals surface area contributed by atoms with Crippen molar-refractivity contribution in [3.63, 3.8) is 0 Å². The van der Waals surface area contributed by atoms with Gasteiger partial charge in [0.2, 0.25) is 0 Å². The van der Waals surface area contributed by atoms with Gasteiger partial charge in [0.1, 0.15) is 11.6 Å². The topological polar surface area (TPSA) is 79.5 Å². The highest BCUT2D eigenvalue weighted by Gasteiger charge is 2.07. The van der Waals surface area contributed by atoms with Crippen LogP contribution in [0.5, 0.6) is 5.75 Å². The number of anilines is 2. The fourth-order valence-corrected chi connectivity index (χ4v) is 1.88. The van der Waals surface area contributed by atoms with Crippen molar-refractivity contribution in [3.05, 3.63) is 54.3 Å². The minimum atomic E-state index is -0.559. The summed E-state index contributed by atoms with van der Waals surface area (Å²) in [6, 6.07) is 11.8. The Bertz CT molecular complexity index is 704. The van der Waals surface area contributed by atoms with E-state index in [4.69, 9.17) is 4.74 Å². The molecular weight excluding hydrogens is 313 g/mol. The van der Waals surface area contributed by atoms with Gasteiger partial charge < -0.3 is 20.7 Å². The number of ether oxygens (including phenoxy) is 1. The molecule has 0 heterocycles. The van der Waals surface area contributed by atoms with Gasteiger partial charge >= 0.3 is 6.03 Å². The Morgan fingerprint density at radius 1 is 1.04 bits per heavy atom. The molecule has 0 aliphatic heterocycles. The van der Waals surface area contributed by atoms with E-state index in [9.17, 15) is 14.0 Å². The van der Waals surface area contributed by atoms with Crippen LogP contribution in [0.2, 0.25) is 0 Å². The average molecular weight is 331 g/mol. The second-order valence-corrected chi connectivity index (χ2v) is 4.83. The molecule has 0 aromatic heterocycles. The molecule has 0 aliphatic rings. The van der Waals surface area contributed by atoms with Crippen LogP contribution in [-0.2, 0) is 4.79 Å². The third kappa shape index (κ3) is 5.28. The van der Waals surface area contributed by atoms with Gasteiger partial charge in [-0.25, -0.2) is 9.18 Å². The Hall–Kier alpha value is -3.09. The van der Waals surface area contributed by atoms with Crippen molar-refractivity contribution in [2.45, 2.75) is 6.92 Å². The Balaban J connectivity index is 1.86. The summed E-state index contributed by atoms with van der Waals surface area (Å²) in [5.41, 5.74) is 0.603. The number of halogens is 1. The average Bonchev–Trinajstić information content (AvgIpc) is 2.57. The van der Waals surface area contributed by atoms with E-state index in [1.165, 1.54) is 18.2 Å². The first-order chi connectivity index (χ1) is 11.6. The summed E-state index contributed by atoms with van der Waals surface area (Å²) in [5.74, 6) is -0.216. The number of hydrogen-bond donors (Lipinski definition) is 3. The van der Waals surface area contributed by atoms with Crippen molar-refractivity contribution in [3.8, 4) is 5.75 Å². The minimum Gasteiger partial charge on any atom is -0.484 e. The highest BCUT2D eigenvalue weighted by molar-refractivity contribution is 5.99. The molecule has 0 radical (unpaired) electrons. The predicted octanol–water partition coefficient (Wildman–Crippen LogP) is 2.98. The molecule has 6 nitrogen and oxygen atoms in total. The van der Waals surface area contributed by atoms with Gasteiger partial charge in [0.05, 0.1) is 5.69 Å². The number of hydrogen-bond acceptors (Lipinski definition) is 3. The number of rotatable bonds is 6. The number of nitrogens with one attached hydrogen (secondary N) is 3. The van der Waals surface area contributed by atoms with Crippen LogP contribution >= 0.6 is 0 Å². The molecule has 3 N–H and O–H groups in total. The van der Waals surface area contributed by atoms with Gasteiger partial charge in [-0.2, -0.15) is 0 Å². The number of para-hydroxylation sites is 1. The zero-order valence-corrected chi connectivity index (χ0v) is 13.1. The first-order valence-corrected chi connectivity index (χ1v) is 7.40. The van der Waals surface area contributed by atoms with Gasteiger partial charge in [-0.3, -0.25) is 4.79 Å². The highest BCUT2D eigenvalue weighted by Crippen LogP contribution is 2.17. The molecule has 24 heavy (non-hydrogen) atoms. The lowest BCUT2D eigenvalue weighted by atomic mass is 10.3. The Morgan fingerprint density at radius 2 is 1.75 bits per heavy atom. The normalized spacial score (nSPS) is 9.92. The van der Waals surface area contributed by atoms with E-state index in [-0.39, 0.29) is 18.2 Å². The molecule has 0 atom stereocenters. The second-order valence-electron chi connectivity index (χ2n) is 4.83. The van der Waals surface area contributed by atoms with Crippen molar-refractivity contribution in [1.82, 2.24) is 5.32 Å². The van der Waals surface area contributed by atoms with E-state index >= 15 is 0 Å². The van der Waals surface area contributed by atoms with Gasteiger partial charge in [-0.05, 0) is 43.3 Å². The van der Waals surface area contributed by atoms with Crippen molar-refractivity contribution < 1.29 is 18.7 Å². The standard InChI is InChI=1S/C17H18FN3O3/c1-2-19-16(22)11-24-13-9-7-12(8-10-13)20-17(23)21-15-6-4-3-5-14(15)18/h3-10H,2,11H2,1H3,(H,19,22)(H2,20,21,23). The summed E-state index contributed by atoms with van der Waals surface area (Å²) in [4.78, 5) is 23.1. The highest BCUT2D eigenvalue weighted by atomic mass is 19.1. The molecule has 126 valence electrons. The first-order valence-electron chi connectivity index (χ1n) is 7.40. The van der Waals surface area contributed by atoms with Crippen LogP contribution in [0.25, 0.3) is 0 Å². The number of urea groups is 1. The molecule has 0 bridgehead atoms. The number of carbonyl (C=O) groups is 2. The summed E-state index contributed by atoms with van der Waals surface area (Å²) in [7, 11) is 0. The van der Waals surface area contributed by atoms with Crippen molar-refractivity contribution in [1.29, 1.82) is 0 Å². The molecule has 0 saturated heterocycles. The summed E-state index contributed by atoms with van der Waals surface area (Å²) in [5, 5.41) is 7.62. The number of likely N-dealkylation sites (N-methyl/N-ethyl adjacent to an activating group) is 1. The molecule has 0 aliphatic carbocycles. The molecule has 2 aromatic carbocycles. The molecule has 2 rings (SSSR count). The fourth-order valence-electron chi connectivity index (χ4n) is 1.88. The van der Waals surface area contributed by atoms with Crippen LogP contribution in [0.1, 0.15) is 6.92 Å². The maximum atomic E-state index is 13.5. The molecule has 0 unspecified atom stereocenters. The van der Waals surface area contributed by atoms with Gasteiger partial charge in [0, 0.05) is 12.2 Å². The van der Waals surface area contributed by atoms with Gasteiger partial charge in [-0.1, -0.05) is 12.1 Å². The lowest BCUT2D eigenvalue weighted by Crippen LogP contribution is -2.28. The largest absolute Gasteiger partial charge is 0.484 e. The van der Waals surface area contributed by atoms with Crippen molar-refractivity contribution in [2.24, 2.45) is 0 Å². The maximum Gasteiger partial charge on any atom is 0.323 e.